The molecule has 2 aromatic heterocycles. The minimum absolute atomic E-state index is 0.0437. The number of hydrogen-bond donors (Lipinski definition) is 1. The number of ether oxygens (including phenoxy) is 1. The van der Waals surface area contributed by atoms with Crippen LogP contribution < -0.4 is 5.32 Å². The highest BCUT2D eigenvalue weighted by molar-refractivity contribution is 5.77. The van der Waals surface area contributed by atoms with Crippen molar-refractivity contribution in [2.45, 2.75) is 45.8 Å². The van der Waals surface area contributed by atoms with Crippen LogP contribution in [0.3, 0.4) is 0 Å². The van der Waals surface area contributed by atoms with Gasteiger partial charge in [0.05, 0.1) is 12.3 Å². The molecule has 8 nitrogen and oxygen atoms in total. The fourth-order valence-corrected chi connectivity index (χ4v) is 4.35. The zero-order valence-corrected chi connectivity index (χ0v) is 19.7. The van der Waals surface area contributed by atoms with Crippen molar-refractivity contribution >= 4 is 5.91 Å². The van der Waals surface area contributed by atoms with Gasteiger partial charge in [-0.25, -0.2) is 0 Å². The number of aromatic nitrogens is 3. The maximum absolute atomic E-state index is 12.2. The lowest BCUT2D eigenvalue weighted by Crippen LogP contribution is -2.34. The van der Waals surface area contributed by atoms with E-state index < -0.39 is 0 Å². The van der Waals surface area contributed by atoms with Gasteiger partial charge in [-0.15, -0.1) is 10.2 Å². The van der Waals surface area contributed by atoms with Gasteiger partial charge in [-0.2, -0.15) is 0 Å². The Morgan fingerprint density at radius 2 is 1.97 bits per heavy atom. The van der Waals surface area contributed by atoms with Gasteiger partial charge in [-0.3, -0.25) is 9.69 Å². The number of nitrogens with one attached hydrogen (secondary N) is 1. The van der Waals surface area contributed by atoms with E-state index in [-0.39, 0.29) is 18.6 Å². The van der Waals surface area contributed by atoms with Gasteiger partial charge in [-0.05, 0) is 30.0 Å². The van der Waals surface area contributed by atoms with E-state index in [4.69, 9.17) is 9.15 Å². The summed E-state index contributed by atoms with van der Waals surface area (Å²) in [5.74, 6) is 2.99. The van der Waals surface area contributed by atoms with Crippen LogP contribution in [0.15, 0.2) is 47.1 Å². The number of amides is 1. The molecule has 1 aliphatic rings. The third-order valence-electron chi connectivity index (χ3n) is 5.94. The van der Waals surface area contributed by atoms with Gasteiger partial charge in [0.25, 0.3) is 0 Å². The number of carbonyl (C=O) groups excluding carboxylic acids is 1. The smallest absolute Gasteiger partial charge is 0.246 e. The van der Waals surface area contributed by atoms with Crippen molar-refractivity contribution in [3.63, 3.8) is 0 Å². The van der Waals surface area contributed by atoms with E-state index in [1.807, 2.05) is 12.1 Å². The molecule has 0 radical (unpaired) electrons. The molecule has 0 bridgehead atoms. The number of benzene rings is 1. The first kappa shape index (κ1) is 23.2. The zero-order valence-electron chi connectivity index (χ0n) is 19.7. The van der Waals surface area contributed by atoms with E-state index in [0.29, 0.717) is 5.92 Å². The lowest BCUT2D eigenvalue weighted by molar-refractivity contribution is -0.125. The van der Waals surface area contributed by atoms with Gasteiger partial charge < -0.3 is 19.0 Å². The van der Waals surface area contributed by atoms with Crippen LogP contribution in [-0.2, 0) is 29.0 Å². The SMILES string of the molecule is COCC(=O)NC(CC(C)C)c1nnc2n1CCN(Cc1ccc(-c3ccco3)cc1)CC2. The van der Waals surface area contributed by atoms with Crippen LogP contribution in [-0.4, -0.2) is 52.4 Å². The summed E-state index contributed by atoms with van der Waals surface area (Å²) >= 11 is 0. The Hall–Kier alpha value is -2.97. The Labute approximate surface area is 194 Å². The van der Waals surface area contributed by atoms with Crippen molar-refractivity contribution in [2.24, 2.45) is 5.92 Å². The summed E-state index contributed by atoms with van der Waals surface area (Å²) in [4.78, 5) is 14.7. The van der Waals surface area contributed by atoms with Crippen LogP contribution in [0.25, 0.3) is 11.3 Å². The first-order chi connectivity index (χ1) is 16.0. The molecule has 0 aliphatic carbocycles. The third-order valence-corrected chi connectivity index (χ3v) is 5.94. The molecule has 8 heteroatoms. The second-order valence-corrected chi connectivity index (χ2v) is 9.01. The summed E-state index contributed by atoms with van der Waals surface area (Å²) in [6.45, 7) is 7.84. The van der Waals surface area contributed by atoms with Crippen LogP contribution in [0, 0.1) is 5.92 Å². The summed E-state index contributed by atoms with van der Waals surface area (Å²) in [7, 11) is 1.53. The highest BCUT2D eigenvalue weighted by atomic mass is 16.5. The monoisotopic (exact) mass is 451 g/mol. The number of carbonyl (C=O) groups is 1. The number of fused-ring (bicyclic) bond motifs is 1. The first-order valence-corrected chi connectivity index (χ1v) is 11.6. The van der Waals surface area contributed by atoms with Crippen LogP contribution in [0.5, 0.6) is 0 Å². The predicted molar refractivity (Wildman–Crippen MR) is 125 cm³/mol. The summed E-state index contributed by atoms with van der Waals surface area (Å²) in [5, 5.41) is 12.0. The van der Waals surface area contributed by atoms with E-state index in [1.165, 1.54) is 12.7 Å². The molecule has 1 amide bonds. The minimum Gasteiger partial charge on any atom is -0.464 e. The maximum atomic E-state index is 12.2. The Kier molecular flexibility index (Phi) is 7.57. The number of methoxy groups -OCH3 is 1. The largest absolute Gasteiger partial charge is 0.464 e. The van der Waals surface area contributed by atoms with Crippen molar-refractivity contribution < 1.29 is 13.9 Å². The molecule has 0 fully saturated rings. The lowest BCUT2D eigenvalue weighted by Gasteiger charge is -2.22. The molecule has 3 aromatic rings. The molecule has 176 valence electrons. The molecule has 0 spiro atoms. The average molecular weight is 452 g/mol. The summed E-state index contributed by atoms with van der Waals surface area (Å²) in [6, 6.07) is 12.3. The Balaban J connectivity index is 1.42. The van der Waals surface area contributed by atoms with E-state index in [2.05, 4.69) is 63.1 Å². The van der Waals surface area contributed by atoms with Gasteiger partial charge in [0.1, 0.15) is 18.2 Å². The average Bonchev–Trinajstić information content (AvgIpc) is 3.42. The van der Waals surface area contributed by atoms with Gasteiger partial charge in [0, 0.05) is 45.3 Å². The first-order valence-electron chi connectivity index (χ1n) is 11.6. The van der Waals surface area contributed by atoms with E-state index in [9.17, 15) is 4.79 Å². The van der Waals surface area contributed by atoms with Crippen LogP contribution in [0.2, 0.25) is 0 Å². The molecule has 1 unspecified atom stereocenters. The van der Waals surface area contributed by atoms with Crippen LogP contribution in [0.4, 0.5) is 0 Å². The molecule has 1 aliphatic heterocycles. The molecule has 4 rings (SSSR count). The molecule has 1 atom stereocenters. The predicted octanol–water partition coefficient (Wildman–Crippen LogP) is 3.45. The minimum atomic E-state index is -0.172. The fraction of sp³-hybridized carbons (Fsp3) is 0.480. The number of nitrogens with zero attached hydrogens (tertiary/aromatic N) is 4. The van der Waals surface area contributed by atoms with Gasteiger partial charge in [0.2, 0.25) is 5.91 Å². The van der Waals surface area contributed by atoms with Gasteiger partial charge in [-0.1, -0.05) is 38.1 Å². The van der Waals surface area contributed by atoms with Crippen molar-refractivity contribution in [1.29, 1.82) is 0 Å². The highest BCUT2D eigenvalue weighted by Gasteiger charge is 2.26. The topological polar surface area (TPSA) is 85.4 Å². The highest BCUT2D eigenvalue weighted by Crippen LogP contribution is 2.24. The van der Waals surface area contributed by atoms with E-state index in [0.717, 1.165) is 62.0 Å². The normalized spacial score (nSPS) is 15.3. The van der Waals surface area contributed by atoms with Gasteiger partial charge >= 0.3 is 0 Å². The summed E-state index contributed by atoms with van der Waals surface area (Å²) < 4.78 is 12.7. The standard InChI is InChI=1S/C25H33N5O3/c1-18(2)15-21(26-24(31)17-32-3)25-28-27-23-10-11-29(12-13-30(23)25)16-19-6-8-20(9-7-19)22-5-4-14-33-22/h4-9,14,18,21H,10-13,15-17H2,1-3H3,(H,26,31). The Bertz CT molecular complexity index is 1030. The lowest BCUT2D eigenvalue weighted by atomic mass is 10.0. The second-order valence-electron chi connectivity index (χ2n) is 9.01. The molecular formula is C25H33N5O3. The summed E-state index contributed by atoms with van der Waals surface area (Å²) in [6.07, 6.45) is 3.33. The molecule has 0 saturated carbocycles. The number of furan rings is 1. The molecule has 33 heavy (non-hydrogen) atoms. The van der Waals surface area contributed by atoms with Gasteiger partial charge in [0.15, 0.2) is 5.82 Å². The van der Waals surface area contributed by atoms with E-state index in [1.54, 1.807) is 6.26 Å². The van der Waals surface area contributed by atoms with Crippen LogP contribution >= 0.6 is 0 Å². The van der Waals surface area contributed by atoms with Crippen molar-refractivity contribution in [3.8, 4) is 11.3 Å². The maximum Gasteiger partial charge on any atom is 0.246 e. The fourth-order valence-electron chi connectivity index (χ4n) is 4.35. The van der Waals surface area contributed by atoms with Crippen molar-refractivity contribution in [1.82, 2.24) is 25.0 Å². The Morgan fingerprint density at radius 1 is 1.15 bits per heavy atom. The van der Waals surface area contributed by atoms with Crippen molar-refractivity contribution in [2.75, 3.05) is 26.8 Å². The molecular weight excluding hydrogens is 418 g/mol. The van der Waals surface area contributed by atoms with E-state index >= 15 is 0 Å². The molecule has 3 heterocycles. The van der Waals surface area contributed by atoms with Crippen LogP contribution in [0.1, 0.15) is 43.5 Å². The second kappa shape index (κ2) is 10.8. The molecule has 1 aromatic carbocycles. The zero-order chi connectivity index (χ0) is 23.2. The molecule has 1 N–H and O–H groups in total. The van der Waals surface area contributed by atoms with Crippen molar-refractivity contribution in [3.05, 3.63) is 59.9 Å². The summed E-state index contributed by atoms with van der Waals surface area (Å²) in [5.41, 5.74) is 2.36. The molecule has 0 saturated heterocycles. The number of hydrogen-bond acceptors (Lipinski definition) is 6. The number of rotatable bonds is 9. The third kappa shape index (κ3) is 5.89. The Morgan fingerprint density at radius 3 is 2.67 bits per heavy atom. The quantitative estimate of drug-likeness (QED) is 0.536.